The fourth-order valence-electron chi connectivity index (χ4n) is 3.77. The number of methoxy groups -OCH3 is 2. The molecule has 1 aliphatic carbocycles. The number of hydrogen-bond donors (Lipinski definition) is 0. The van der Waals surface area contributed by atoms with E-state index in [1.54, 1.807) is 6.07 Å². The van der Waals surface area contributed by atoms with Gasteiger partial charge in [0.2, 0.25) is 0 Å². The number of ether oxygens (including phenoxy) is 3. The van der Waals surface area contributed by atoms with E-state index in [1.165, 1.54) is 26.4 Å². The average Bonchev–Trinajstić information content (AvgIpc) is 2.82. The predicted octanol–water partition coefficient (Wildman–Crippen LogP) is 5.21. The minimum atomic E-state index is -0.717. The summed E-state index contributed by atoms with van der Waals surface area (Å²) in [6.45, 7) is 3.90. The van der Waals surface area contributed by atoms with Gasteiger partial charge in [0.1, 0.15) is 17.6 Å². The Morgan fingerprint density at radius 1 is 0.970 bits per heavy atom. The van der Waals surface area contributed by atoms with Gasteiger partial charge in [0.25, 0.3) is 0 Å². The molecule has 0 fully saturated rings. The number of rotatable bonds is 9. The zero-order valence-electron chi connectivity index (χ0n) is 19.3. The molecule has 33 heavy (non-hydrogen) atoms. The van der Waals surface area contributed by atoms with Gasteiger partial charge in [0, 0.05) is 18.4 Å². The molecule has 2 aromatic rings. The largest absolute Gasteiger partial charge is 0.496 e. The number of aryl methyl sites for hydroxylation is 1. The van der Waals surface area contributed by atoms with E-state index in [4.69, 9.17) is 14.2 Å². The summed E-state index contributed by atoms with van der Waals surface area (Å²) in [7, 11) is 2.86. The van der Waals surface area contributed by atoms with Gasteiger partial charge < -0.3 is 14.2 Å². The van der Waals surface area contributed by atoms with Crippen molar-refractivity contribution in [2.75, 3.05) is 14.2 Å². The standard InChI is InChI=1S/C27H28O6/c1-17(2)10-14-22(33-24(30)15-11-18-8-6-5-7-9-18)19-16-23(31-3)25-20(28)12-13-21(29)26(25)27(19)32-4/h5-10,12-13,16,22H,11,14-15H2,1-4H3/t22-/m1/s1. The van der Waals surface area contributed by atoms with Crippen LogP contribution in [0, 0.1) is 0 Å². The summed E-state index contributed by atoms with van der Waals surface area (Å²) >= 11 is 0. The third-order valence-electron chi connectivity index (χ3n) is 5.40. The van der Waals surface area contributed by atoms with Crippen LogP contribution in [0.5, 0.6) is 11.5 Å². The van der Waals surface area contributed by atoms with Crippen LogP contribution in [0.2, 0.25) is 0 Å². The summed E-state index contributed by atoms with van der Waals surface area (Å²) in [5, 5.41) is 0. The van der Waals surface area contributed by atoms with Crippen LogP contribution < -0.4 is 9.47 Å². The molecular weight excluding hydrogens is 420 g/mol. The molecule has 172 valence electrons. The average molecular weight is 449 g/mol. The van der Waals surface area contributed by atoms with E-state index in [0.29, 0.717) is 18.4 Å². The molecule has 0 bridgehead atoms. The highest BCUT2D eigenvalue weighted by atomic mass is 16.5. The minimum Gasteiger partial charge on any atom is -0.496 e. The van der Waals surface area contributed by atoms with Crippen molar-refractivity contribution in [1.29, 1.82) is 0 Å². The fraction of sp³-hybridized carbons (Fsp3) is 0.296. The molecule has 0 spiro atoms. The molecule has 6 heteroatoms. The Labute approximate surface area is 193 Å². The summed E-state index contributed by atoms with van der Waals surface area (Å²) in [5.74, 6) is -0.612. The lowest BCUT2D eigenvalue weighted by Crippen LogP contribution is -2.19. The molecule has 0 saturated carbocycles. The van der Waals surface area contributed by atoms with Gasteiger partial charge in [-0.25, -0.2) is 0 Å². The number of allylic oxidation sites excluding steroid dienone is 3. The first-order valence-electron chi connectivity index (χ1n) is 10.8. The molecular formula is C27H28O6. The Balaban J connectivity index is 1.99. The van der Waals surface area contributed by atoms with Crippen molar-refractivity contribution in [2.24, 2.45) is 0 Å². The van der Waals surface area contributed by atoms with Gasteiger partial charge in [-0.05, 0) is 44.1 Å². The molecule has 1 atom stereocenters. The Morgan fingerprint density at radius 2 is 1.64 bits per heavy atom. The molecule has 6 nitrogen and oxygen atoms in total. The van der Waals surface area contributed by atoms with Crippen molar-refractivity contribution in [3.05, 3.63) is 82.5 Å². The number of fused-ring (bicyclic) bond motifs is 1. The number of esters is 1. The van der Waals surface area contributed by atoms with E-state index in [1.807, 2.05) is 50.3 Å². The first-order valence-corrected chi connectivity index (χ1v) is 10.8. The Hall–Kier alpha value is -3.67. The van der Waals surface area contributed by atoms with Gasteiger partial charge >= 0.3 is 5.97 Å². The second-order valence-corrected chi connectivity index (χ2v) is 7.99. The molecule has 1 aliphatic rings. The quantitative estimate of drug-likeness (QED) is 0.387. The molecule has 0 saturated heterocycles. The highest BCUT2D eigenvalue weighted by Gasteiger charge is 2.32. The maximum Gasteiger partial charge on any atom is 0.306 e. The second-order valence-electron chi connectivity index (χ2n) is 7.99. The molecule has 3 rings (SSSR count). The van der Waals surface area contributed by atoms with E-state index in [-0.39, 0.29) is 46.6 Å². The van der Waals surface area contributed by atoms with Crippen LogP contribution >= 0.6 is 0 Å². The van der Waals surface area contributed by atoms with Gasteiger partial charge in [-0.3, -0.25) is 14.4 Å². The van der Waals surface area contributed by atoms with Crippen molar-refractivity contribution in [2.45, 2.75) is 39.2 Å². The van der Waals surface area contributed by atoms with E-state index in [0.717, 1.165) is 11.1 Å². The third kappa shape index (κ3) is 5.58. The van der Waals surface area contributed by atoms with Crippen molar-refractivity contribution in [3.8, 4) is 11.5 Å². The smallest absolute Gasteiger partial charge is 0.306 e. The lowest BCUT2D eigenvalue weighted by Gasteiger charge is -2.24. The fourth-order valence-corrected chi connectivity index (χ4v) is 3.77. The molecule has 0 radical (unpaired) electrons. The Morgan fingerprint density at radius 3 is 2.24 bits per heavy atom. The van der Waals surface area contributed by atoms with Crippen LogP contribution in [-0.4, -0.2) is 31.8 Å². The normalized spacial score (nSPS) is 13.2. The van der Waals surface area contributed by atoms with Crippen molar-refractivity contribution in [3.63, 3.8) is 0 Å². The predicted molar refractivity (Wildman–Crippen MR) is 125 cm³/mol. The summed E-state index contributed by atoms with van der Waals surface area (Å²) in [5.41, 5.74) is 2.86. The zero-order chi connectivity index (χ0) is 24.0. The Kier molecular flexibility index (Phi) is 7.83. The topological polar surface area (TPSA) is 78.9 Å². The number of hydrogen-bond acceptors (Lipinski definition) is 6. The van der Waals surface area contributed by atoms with Gasteiger partial charge in [0.15, 0.2) is 11.6 Å². The van der Waals surface area contributed by atoms with Gasteiger partial charge in [-0.2, -0.15) is 0 Å². The summed E-state index contributed by atoms with van der Waals surface area (Å²) in [4.78, 5) is 38.0. The molecule has 0 aliphatic heterocycles. The van der Waals surface area contributed by atoms with Crippen LogP contribution in [0.1, 0.15) is 64.6 Å². The van der Waals surface area contributed by atoms with Crippen LogP contribution in [0.25, 0.3) is 0 Å². The molecule has 0 heterocycles. The Bertz CT molecular complexity index is 1110. The minimum absolute atomic E-state index is 0.127. The maximum absolute atomic E-state index is 12.8. The first-order chi connectivity index (χ1) is 15.8. The van der Waals surface area contributed by atoms with Crippen molar-refractivity contribution in [1.82, 2.24) is 0 Å². The summed E-state index contributed by atoms with van der Waals surface area (Å²) < 4.78 is 16.9. The second kappa shape index (κ2) is 10.8. The monoisotopic (exact) mass is 448 g/mol. The zero-order valence-corrected chi connectivity index (χ0v) is 19.3. The van der Waals surface area contributed by atoms with Crippen molar-refractivity contribution < 1.29 is 28.6 Å². The van der Waals surface area contributed by atoms with Crippen LogP contribution in [0.4, 0.5) is 0 Å². The van der Waals surface area contributed by atoms with Gasteiger partial charge in [-0.15, -0.1) is 0 Å². The SMILES string of the molecule is COc1cc([C@@H](CC=C(C)C)OC(=O)CCc2ccccc2)c(OC)c2c1C(=O)C=CC2=O. The first kappa shape index (κ1) is 24.0. The lowest BCUT2D eigenvalue weighted by molar-refractivity contribution is -0.149. The van der Waals surface area contributed by atoms with Crippen molar-refractivity contribution >= 4 is 17.5 Å². The number of carbonyl (C=O) groups excluding carboxylic acids is 3. The van der Waals surface area contributed by atoms with E-state index in [9.17, 15) is 14.4 Å². The van der Waals surface area contributed by atoms with Gasteiger partial charge in [-0.1, -0.05) is 42.0 Å². The van der Waals surface area contributed by atoms with E-state index >= 15 is 0 Å². The maximum atomic E-state index is 12.8. The van der Waals surface area contributed by atoms with E-state index in [2.05, 4.69) is 0 Å². The van der Waals surface area contributed by atoms with Crippen LogP contribution in [-0.2, 0) is 16.0 Å². The number of carbonyl (C=O) groups is 3. The summed E-state index contributed by atoms with van der Waals surface area (Å²) in [6, 6.07) is 11.3. The summed E-state index contributed by atoms with van der Waals surface area (Å²) in [6.07, 6.45) is 4.82. The highest BCUT2D eigenvalue weighted by Crippen LogP contribution is 2.42. The third-order valence-corrected chi connectivity index (χ3v) is 5.40. The molecule has 0 unspecified atom stereocenters. The highest BCUT2D eigenvalue weighted by molar-refractivity contribution is 6.24. The molecule has 0 N–H and O–H groups in total. The van der Waals surface area contributed by atoms with E-state index < -0.39 is 6.10 Å². The number of ketones is 2. The van der Waals surface area contributed by atoms with Crippen LogP contribution in [0.15, 0.2) is 60.2 Å². The molecule has 0 amide bonds. The molecule has 2 aromatic carbocycles. The lowest BCUT2D eigenvalue weighted by atomic mass is 9.88. The molecule has 0 aromatic heterocycles. The number of benzene rings is 2. The van der Waals surface area contributed by atoms with Crippen LogP contribution in [0.3, 0.4) is 0 Å². The van der Waals surface area contributed by atoms with Gasteiger partial charge in [0.05, 0.1) is 25.3 Å².